The number of carboxylic acid groups (broad SMARTS) is 1. The van der Waals surface area contributed by atoms with Crippen molar-refractivity contribution in [1.29, 1.82) is 0 Å². The fraction of sp³-hybridized carbons (Fsp3) is 0.630. The highest BCUT2D eigenvalue weighted by Gasteiger charge is 2.41. The highest BCUT2D eigenvalue weighted by atomic mass is 19.1. The van der Waals surface area contributed by atoms with Crippen LogP contribution >= 0.6 is 0 Å². The van der Waals surface area contributed by atoms with Crippen molar-refractivity contribution in [2.75, 3.05) is 6.61 Å². The molecule has 3 fully saturated rings. The van der Waals surface area contributed by atoms with Crippen LogP contribution in [-0.4, -0.2) is 40.6 Å². The Morgan fingerprint density at radius 2 is 1.97 bits per heavy atom. The number of carboxylic acids is 1. The molecule has 0 bridgehead atoms. The lowest BCUT2D eigenvalue weighted by Gasteiger charge is -2.40. The molecule has 2 unspecified atom stereocenters. The predicted molar refractivity (Wildman–Crippen MR) is 125 cm³/mol. The van der Waals surface area contributed by atoms with E-state index in [4.69, 9.17) is 4.74 Å². The van der Waals surface area contributed by atoms with E-state index in [1.54, 1.807) is 6.07 Å². The summed E-state index contributed by atoms with van der Waals surface area (Å²) in [5.41, 5.74) is 2.07. The Balaban J connectivity index is 1.60. The number of carbonyl (C=O) groups is 2. The summed E-state index contributed by atoms with van der Waals surface area (Å²) in [4.78, 5) is 26.2. The smallest absolute Gasteiger partial charge is 0.326 e. The number of amides is 1. The molecule has 2 saturated carbocycles. The molecule has 1 N–H and O–H groups in total. The van der Waals surface area contributed by atoms with Gasteiger partial charge in [0, 0.05) is 17.5 Å². The Morgan fingerprint density at radius 1 is 1.24 bits per heavy atom. The first-order valence-electron chi connectivity index (χ1n) is 12.3. The van der Waals surface area contributed by atoms with Gasteiger partial charge in [0.05, 0.1) is 12.2 Å². The van der Waals surface area contributed by atoms with Crippen LogP contribution in [0, 0.1) is 17.2 Å². The fourth-order valence-corrected chi connectivity index (χ4v) is 5.97. The van der Waals surface area contributed by atoms with Crippen LogP contribution in [0.4, 0.5) is 4.39 Å². The number of halogens is 1. The maximum Gasteiger partial charge on any atom is 0.326 e. The summed E-state index contributed by atoms with van der Waals surface area (Å²) in [6, 6.07) is 1.83. The summed E-state index contributed by atoms with van der Waals surface area (Å²) in [6.45, 7) is 11.0. The van der Waals surface area contributed by atoms with Crippen LogP contribution in [-0.2, 0) is 4.79 Å². The van der Waals surface area contributed by atoms with Crippen LogP contribution in [0.25, 0.3) is 0 Å². The first-order chi connectivity index (χ1) is 15.6. The number of carbonyl (C=O) groups excluding carboxylic acids is 1. The van der Waals surface area contributed by atoms with Gasteiger partial charge in [-0.05, 0) is 81.8 Å². The molecule has 1 saturated heterocycles. The third-order valence-corrected chi connectivity index (χ3v) is 7.86. The molecule has 1 heterocycles. The molecule has 2 aliphatic carbocycles. The maximum atomic E-state index is 15.3. The maximum absolute atomic E-state index is 15.3. The molecule has 1 aromatic carbocycles. The standard InChI is InChI=1S/C27H36FNO4/c1-5-27(13-16(2)10-17(3)14-27)15-33-24-12-22(28)21(11-20(24)19-7-8-19)25(30)29-18(4)6-9-23(29)26(31)32/h11-12,17-19,23H,2,5-10,13-15H2,1,3-4H3,(H,31,32)/t17?,18-,23-,27?/m0/s1. The highest BCUT2D eigenvalue weighted by molar-refractivity contribution is 5.98. The molecule has 5 nitrogen and oxygen atoms in total. The zero-order chi connectivity index (χ0) is 23.9. The van der Waals surface area contributed by atoms with Crippen LogP contribution < -0.4 is 4.74 Å². The van der Waals surface area contributed by atoms with Crippen molar-refractivity contribution in [2.24, 2.45) is 11.3 Å². The molecule has 3 aliphatic rings. The minimum Gasteiger partial charge on any atom is -0.493 e. The Kier molecular flexibility index (Phi) is 6.56. The van der Waals surface area contributed by atoms with Crippen molar-refractivity contribution in [3.63, 3.8) is 0 Å². The largest absolute Gasteiger partial charge is 0.493 e. The second kappa shape index (κ2) is 9.11. The summed E-state index contributed by atoms with van der Waals surface area (Å²) >= 11 is 0. The van der Waals surface area contributed by atoms with Crippen LogP contribution in [0.5, 0.6) is 5.75 Å². The molecule has 0 aromatic heterocycles. The normalized spacial score (nSPS) is 29.9. The van der Waals surface area contributed by atoms with Gasteiger partial charge in [-0.25, -0.2) is 9.18 Å². The lowest BCUT2D eigenvalue weighted by atomic mass is 9.67. The van der Waals surface area contributed by atoms with E-state index in [0.29, 0.717) is 31.1 Å². The van der Waals surface area contributed by atoms with Crippen molar-refractivity contribution in [3.8, 4) is 5.75 Å². The van der Waals surface area contributed by atoms with E-state index in [1.807, 2.05) is 6.92 Å². The van der Waals surface area contributed by atoms with Crippen molar-refractivity contribution < 1.29 is 23.8 Å². The number of allylic oxidation sites excluding steroid dienone is 1. The number of aliphatic carboxylic acids is 1. The second-order valence-corrected chi connectivity index (χ2v) is 10.7. The Bertz CT molecular complexity index is 956. The molecule has 1 amide bonds. The number of hydrogen-bond donors (Lipinski definition) is 1. The van der Waals surface area contributed by atoms with Crippen LogP contribution in [0.1, 0.15) is 94.0 Å². The third kappa shape index (κ3) is 4.80. The Morgan fingerprint density at radius 3 is 2.58 bits per heavy atom. The number of benzene rings is 1. The van der Waals surface area contributed by atoms with Gasteiger partial charge in [-0.3, -0.25) is 4.79 Å². The number of rotatable bonds is 7. The van der Waals surface area contributed by atoms with Crippen molar-refractivity contribution in [2.45, 2.75) is 90.1 Å². The molecule has 33 heavy (non-hydrogen) atoms. The van der Waals surface area contributed by atoms with Crippen molar-refractivity contribution >= 4 is 11.9 Å². The number of likely N-dealkylation sites (tertiary alicyclic amines) is 1. The van der Waals surface area contributed by atoms with Crippen molar-refractivity contribution in [3.05, 3.63) is 41.2 Å². The Labute approximate surface area is 196 Å². The summed E-state index contributed by atoms with van der Waals surface area (Å²) in [6.07, 6.45) is 6.97. The van der Waals surface area contributed by atoms with E-state index in [-0.39, 0.29) is 22.9 Å². The van der Waals surface area contributed by atoms with Gasteiger partial charge in [0.2, 0.25) is 0 Å². The summed E-state index contributed by atoms with van der Waals surface area (Å²) in [7, 11) is 0. The number of hydrogen-bond acceptors (Lipinski definition) is 3. The van der Waals surface area contributed by atoms with Crippen LogP contribution in [0.3, 0.4) is 0 Å². The summed E-state index contributed by atoms with van der Waals surface area (Å²) < 4.78 is 21.5. The molecule has 4 rings (SSSR count). The molecule has 6 heteroatoms. The van der Waals surface area contributed by atoms with E-state index in [1.165, 1.54) is 16.5 Å². The Hall–Kier alpha value is -2.37. The van der Waals surface area contributed by atoms with Crippen molar-refractivity contribution in [1.82, 2.24) is 4.90 Å². The topological polar surface area (TPSA) is 66.8 Å². The quantitative estimate of drug-likeness (QED) is 0.515. The van der Waals surface area contributed by atoms with Gasteiger partial charge in [0.1, 0.15) is 17.6 Å². The van der Waals surface area contributed by atoms with E-state index in [0.717, 1.165) is 44.1 Å². The average Bonchev–Trinajstić information content (AvgIpc) is 3.52. The van der Waals surface area contributed by atoms with Gasteiger partial charge in [-0.2, -0.15) is 0 Å². The van der Waals surface area contributed by atoms with E-state index < -0.39 is 23.7 Å². The zero-order valence-corrected chi connectivity index (χ0v) is 20.0. The average molecular weight is 458 g/mol. The molecular formula is C27H36FNO4. The minimum absolute atomic E-state index is 0.000228. The van der Waals surface area contributed by atoms with Gasteiger partial charge in [-0.15, -0.1) is 0 Å². The van der Waals surface area contributed by atoms with E-state index in [2.05, 4.69) is 20.4 Å². The summed E-state index contributed by atoms with van der Waals surface area (Å²) in [5.74, 6) is -0.887. The first-order valence-corrected chi connectivity index (χ1v) is 12.3. The molecule has 0 spiro atoms. The van der Waals surface area contributed by atoms with Crippen LogP contribution in [0.2, 0.25) is 0 Å². The molecular weight excluding hydrogens is 421 g/mol. The first kappa shape index (κ1) is 23.8. The van der Waals surface area contributed by atoms with Gasteiger partial charge < -0.3 is 14.7 Å². The molecule has 0 radical (unpaired) electrons. The minimum atomic E-state index is -1.04. The third-order valence-electron chi connectivity index (χ3n) is 7.86. The molecule has 4 atom stereocenters. The van der Waals surface area contributed by atoms with Gasteiger partial charge in [0.25, 0.3) is 5.91 Å². The number of nitrogens with zero attached hydrogens (tertiary/aromatic N) is 1. The van der Waals surface area contributed by atoms with Crippen LogP contribution in [0.15, 0.2) is 24.3 Å². The van der Waals surface area contributed by atoms with E-state index in [9.17, 15) is 14.7 Å². The predicted octanol–water partition coefficient (Wildman–Crippen LogP) is 5.93. The fourth-order valence-electron chi connectivity index (χ4n) is 5.97. The van der Waals surface area contributed by atoms with E-state index >= 15 is 4.39 Å². The van der Waals surface area contributed by atoms with Gasteiger partial charge in [-0.1, -0.05) is 26.0 Å². The SMILES string of the molecule is C=C1CC(C)CC(CC)(COc2cc(F)c(C(=O)N3[C@@H](C)CC[C@H]3C(=O)O)cc2C2CC2)C1. The molecule has 1 aromatic rings. The molecule has 180 valence electrons. The molecule has 1 aliphatic heterocycles. The monoisotopic (exact) mass is 457 g/mol. The summed E-state index contributed by atoms with van der Waals surface area (Å²) in [5, 5.41) is 9.53. The highest BCUT2D eigenvalue weighted by Crippen LogP contribution is 2.48. The van der Waals surface area contributed by atoms with Gasteiger partial charge >= 0.3 is 5.97 Å². The lowest BCUT2D eigenvalue weighted by molar-refractivity contribution is -0.141. The second-order valence-electron chi connectivity index (χ2n) is 10.7. The lowest BCUT2D eigenvalue weighted by Crippen LogP contribution is -2.44. The zero-order valence-electron chi connectivity index (χ0n) is 20.0. The number of ether oxygens (including phenoxy) is 1. The van der Waals surface area contributed by atoms with Gasteiger partial charge in [0.15, 0.2) is 0 Å².